The van der Waals surface area contributed by atoms with Gasteiger partial charge < -0.3 is 20.3 Å². The molecule has 2 aromatic heterocycles. The third-order valence-corrected chi connectivity index (χ3v) is 6.88. The fourth-order valence-electron chi connectivity index (χ4n) is 4.90. The number of amides is 2. The van der Waals surface area contributed by atoms with E-state index in [1.807, 2.05) is 44.3 Å². The standard InChI is InChI=1S/C28H35N7O2/c1-4-29-28(36)31-23-9-7-22(8-10-23)26-32-25-17-34(16-21-6-5-19(2)30-15-21)12-11-24(25)27(33-26)35-13-14-37-18-20(35)3/h5-10,15,20H,4,11-14,16-18H2,1-3H3,(H2,29,31,36)/t20-/m0/s1. The number of ether oxygens (including phenoxy) is 1. The number of aromatic nitrogens is 3. The largest absolute Gasteiger partial charge is 0.377 e. The summed E-state index contributed by atoms with van der Waals surface area (Å²) >= 11 is 0. The minimum absolute atomic E-state index is 0.215. The van der Waals surface area contributed by atoms with E-state index in [0.717, 1.165) is 61.1 Å². The summed E-state index contributed by atoms with van der Waals surface area (Å²) in [5.41, 5.74) is 6.21. The molecule has 0 radical (unpaired) electrons. The van der Waals surface area contributed by atoms with E-state index in [2.05, 4.69) is 44.5 Å². The lowest BCUT2D eigenvalue weighted by Crippen LogP contribution is -2.45. The highest BCUT2D eigenvalue weighted by atomic mass is 16.5. The van der Waals surface area contributed by atoms with Gasteiger partial charge in [-0.05, 0) is 63.1 Å². The molecule has 9 heteroatoms. The number of anilines is 2. The first-order valence-corrected chi connectivity index (χ1v) is 13.0. The maximum atomic E-state index is 11.9. The van der Waals surface area contributed by atoms with E-state index < -0.39 is 0 Å². The van der Waals surface area contributed by atoms with Crippen molar-refractivity contribution in [2.75, 3.05) is 43.1 Å². The van der Waals surface area contributed by atoms with Crippen molar-refractivity contribution in [1.29, 1.82) is 0 Å². The number of pyridine rings is 1. The molecule has 2 aliphatic rings. The molecule has 1 saturated heterocycles. The summed E-state index contributed by atoms with van der Waals surface area (Å²) in [6.07, 6.45) is 2.87. The second kappa shape index (κ2) is 11.2. The SMILES string of the molecule is CCNC(=O)Nc1ccc(-c2nc3c(c(N4CCOC[C@@H]4C)n2)CCN(Cc2ccc(C)nc2)C3)cc1. The normalized spacial score (nSPS) is 17.8. The van der Waals surface area contributed by atoms with Gasteiger partial charge in [-0.3, -0.25) is 9.88 Å². The Labute approximate surface area is 218 Å². The van der Waals surface area contributed by atoms with Gasteiger partial charge in [-0.1, -0.05) is 6.07 Å². The van der Waals surface area contributed by atoms with Crippen molar-refractivity contribution in [3.8, 4) is 11.4 Å². The van der Waals surface area contributed by atoms with Gasteiger partial charge in [-0.15, -0.1) is 0 Å². The molecule has 1 fully saturated rings. The van der Waals surface area contributed by atoms with Crippen LogP contribution in [0.2, 0.25) is 0 Å². The van der Waals surface area contributed by atoms with Crippen molar-refractivity contribution in [1.82, 2.24) is 25.2 Å². The number of benzene rings is 1. The Balaban J connectivity index is 1.44. The lowest BCUT2D eigenvalue weighted by Gasteiger charge is -2.37. The van der Waals surface area contributed by atoms with E-state index in [-0.39, 0.29) is 12.1 Å². The maximum Gasteiger partial charge on any atom is 0.319 e. The molecule has 5 rings (SSSR count). The van der Waals surface area contributed by atoms with Gasteiger partial charge in [0.1, 0.15) is 5.82 Å². The average Bonchev–Trinajstić information content (AvgIpc) is 2.90. The van der Waals surface area contributed by atoms with Crippen LogP contribution in [0.25, 0.3) is 11.4 Å². The van der Waals surface area contributed by atoms with Gasteiger partial charge in [0.15, 0.2) is 5.82 Å². The molecule has 0 aliphatic carbocycles. The molecule has 4 heterocycles. The quantitative estimate of drug-likeness (QED) is 0.531. The Morgan fingerprint density at radius 3 is 2.70 bits per heavy atom. The Morgan fingerprint density at radius 2 is 1.97 bits per heavy atom. The summed E-state index contributed by atoms with van der Waals surface area (Å²) in [6, 6.07) is 12.0. The first kappa shape index (κ1) is 25.1. The summed E-state index contributed by atoms with van der Waals surface area (Å²) in [6.45, 7) is 11.4. The Kier molecular flexibility index (Phi) is 7.62. The van der Waals surface area contributed by atoms with E-state index in [0.29, 0.717) is 25.6 Å². The predicted octanol–water partition coefficient (Wildman–Crippen LogP) is 3.77. The van der Waals surface area contributed by atoms with Crippen LogP contribution in [0, 0.1) is 6.92 Å². The van der Waals surface area contributed by atoms with Crippen LogP contribution in [0.4, 0.5) is 16.3 Å². The highest BCUT2D eigenvalue weighted by Gasteiger charge is 2.29. The van der Waals surface area contributed by atoms with Crippen LogP contribution < -0.4 is 15.5 Å². The molecule has 9 nitrogen and oxygen atoms in total. The van der Waals surface area contributed by atoms with Gasteiger partial charge in [0, 0.05) is 61.4 Å². The monoisotopic (exact) mass is 501 g/mol. The molecule has 0 bridgehead atoms. The molecule has 2 amide bonds. The number of carbonyl (C=O) groups is 1. The first-order chi connectivity index (χ1) is 18.0. The minimum Gasteiger partial charge on any atom is -0.377 e. The third kappa shape index (κ3) is 5.89. The zero-order valence-corrected chi connectivity index (χ0v) is 21.8. The Morgan fingerprint density at radius 1 is 1.14 bits per heavy atom. The summed E-state index contributed by atoms with van der Waals surface area (Å²) in [7, 11) is 0. The van der Waals surface area contributed by atoms with Crippen molar-refractivity contribution < 1.29 is 9.53 Å². The van der Waals surface area contributed by atoms with Crippen molar-refractivity contribution >= 4 is 17.5 Å². The molecule has 2 N–H and O–H groups in total. The summed E-state index contributed by atoms with van der Waals surface area (Å²) < 4.78 is 5.71. The van der Waals surface area contributed by atoms with Crippen LogP contribution in [0.5, 0.6) is 0 Å². The highest BCUT2D eigenvalue weighted by molar-refractivity contribution is 5.89. The maximum absolute atomic E-state index is 11.9. The summed E-state index contributed by atoms with van der Waals surface area (Å²) in [5, 5.41) is 5.60. The Bertz CT molecular complexity index is 1230. The van der Waals surface area contributed by atoms with Crippen LogP contribution in [0.15, 0.2) is 42.6 Å². The van der Waals surface area contributed by atoms with E-state index in [1.165, 1.54) is 11.1 Å². The highest BCUT2D eigenvalue weighted by Crippen LogP contribution is 2.32. The first-order valence-electron chi connectivity index (χ1n) is 13.0. The van der Waals surface area contributed by atoms with Gasteiger partial charge in [0.2, 0.25) is 0 Å². The third-order valence-electron chi connectivity index (χ3n) is 6.88. The molecule has 0 unspecified atom stereocenters. The van der Waals surface area contributed by atoms with E-state index in [9.17, 15) is 4.79 Å². The van der Waals surface area contributed by atoms with Crippen LogP contribution in [0.3, 0.4) is 0 Å². The number of rotatable bonds is 6. The van der Waals surface area contributed by atoms with Crippen molar-refractivity contribution in [3.05, 3.63) is 65.1 Å². The second-order valence-corrected chi connectivity index (χ2v) is 9.74. The number of hydrogen-bond donors (Lipinski definition) is 2. The number of urea groups is 1. The minimum atomic E-state index is -0.215. The Hall–Kier alpha value is -3.56. The zero-order valence-electron chi connectivity index (χ0n) is 21.8. The molecule has 1 atom stereocenters. The lowest BCUT2D eigenvalue weighted by molar-refractivity contribution is 0.0983. The number of morpholine rings is 1. The van der Waals surface area contributed by atoms with E-state index in [4.69, 9.17) is 14.7 Å². The molecule has 37 heavy (non-hydrogen) atoms. The fraction of sp³-hybridized carbons (Fsp3) is 0.429. The summed E-state index contributed by atoms with van der Waals surface area (Å²) in [5.74, 6) is 1.73. The number of aryl methyl sites for hydroxylation is 1. The molecule has 194 valence electrons. The van der Waals surface area contributed by atoms with E-state index >= 15 is 0 Å². The number of nitrogens with zero attached hydrogens (tertiary/aromatic N) is 5. The lowest BCUT2D eigenvalue weighted by atomic mass is 10.0. The van der Waals surface area contributed by atoms with Crippen molar-refractivity contribution in [2.24, 2.45) is 0 Å². The van der Waals surface area contributed by atoms with Gasteiger partial charge in [-0.2, -0.15) is 0 Å². The topological polar surface area (TPSA) is 95.5 Å². The smallest absolute Gasteiger partial charge is 0.319 e. The van der Waals surface area contributed by atoms with Crippen LogP contribution in [-0.2, 0) is 24.2 Å². The van der Waals surface area contributed by atoms with Crippen LogP contribution in [-0.4, -0.2) is 64.8 Å². The number of carbonyl (C=O) groups excluding carboxylic acids is 1. The summed E-state index contributed by atoms with van der Waals surface area (Å²) in [4.78, 5) is 31.3. The number of fused-ring (bicyclic) bond motifs is 1. The van der Waals surface area contributed by atoms with Crippen LogP contribution in [0.1, 0.15) is 36.4 Å². The van der Waals surface area contributed by atoms with Gasteiger partial charge >= 0.3 is 6.03 Å². The molecule has 0 spiro atoms. The molecule has 0 saturated carbocycles. The van der Waals surface area contributed by atoms with Gasteiger partial charge in [-0.25, -0.2) is 14.8 Å². The molecular formula is C28H35N7O2. The average molecular weight is 502 g/mol. The van der Waals surface area contributed by atoms with Crippen molar-refractivity contribution in [2.45, 2.75) is 46.3 Å². The van der Waals surface area contributed by atoms with Gasteiger partial charge in [0.25, 0.3) is 0 Å². The molecular weight excluding hydrogens is 466 g/mol. The van der Waals surface area contributed by atoms with Crippen molar-refractivity contribution in [3.63, 3.8) is 0 Å². The fourth-order valence-corrected chi connectivity index (χ4v) is 4.90. The molecule has 2 aliphatic heterocycles. The second-order valence-electron chi connectivity index (χ2n) is 9.74. The number of nitrogens with one attached hydrogen (secondary N) is 2. The zero-order chi connectivity index (χ0) is 25.8. The van der Waals surface area contributed by atoms with E-state index in [1.54, 1.807) is 0 Å². The van der Waals surface area contributed by atoms with Crippen LogP contribution >= 0.6 is 0 Å². The number of hydrogen-bond acceptors (Lipinski definition) is 7. The predicted molar refractivity (Wildman–Crippen MR) is 145 cm³/mol. The molecule has 3 aromatic rings. The van der Waals surface area contributed by atoms with Gasteiger partial charge in [0.05, 0.1) is 24.9 Å². The molecule has 1 aromatic carbocycles.